The molecule has 3 aromatic carbocycles. The fourth-order valence-corrected chi connectivity index (χ4v) is 4.01. The Kier molecular flexibility index (Phi) is 5.15. The van der Waals surface area contributed by atoms with Crippen LogP contribution in [-0.2, 0) is 9.84 Å². The largest absolute Gasteiger partial charge is 0.337 e. The third-order valence-electron chi connectivity index (χ3n) is 4.72. The number of imidazole rings is 1. The van der Waals surface area contributed by atoms with Crippen LogP contribution in [0.4, 0.5) is 0 Å². The fourth-order valence-electron chi connectivity index (χ4n) is 3.12. The van der Waals surface area contributed by atoms with E-state index < -0.39 is 9.84 Å². The minimum absolute atomic E-state index is 0.293. The SMILES string of the molecule is Cc1ccc(-c2[nH]c(-c3ccc(Br)cc3)nc2-c2ccc(S(C)(=O)=O)cc2)cc1. The van der Waals surface area contributed by atoms with E-state index in [0.717, 1.165) is 38.4 Å². The normalized spacial score (nSPS) is 11.6. The van der Waals surface area contributed by atoms with Crippen molar-refractivity contribution in [2.24, 2.45) is 0 Å². The molecule has 4 nitrogen and oxygen atoms in total. The first-order chi connectivity index (χ1) is 13.8. The zero-order valence-electron chi connectivity index (χ0n) is 16.0. The smallest absolute Gasteiger partial charge is 0.175 e. The second-order valence-corrected chi connectivity index (χ2v) is 9.91. The minimum atomic E-state index is -3.24. The van der Waals surface area contributed by atoms with E-state index in [1.807, 2.05) is 24.3 Å². The second-order valence-electron chi connectivity index (χ2n) is 6.98. The van der Waals surface area contributed by atoms with Crippen molar-refractivity contribution < 1.29 is 8.42 Å². The van der Waals surface area contributed by atoms with E-state index in [0.29, 0.717) is 4.90 Å². The summed E-state index contributed by atoms with van der Waals surface area (Å²) in [6.45, 7) is 2.05. The van der Waals surface area contributed by atoms with E-state index in [9.17, 15) is 8.42 Å². The minimum Gasteiger partial charge on any atom is -0.337 e. The number of aromatic nitrogens is 2. The van der Waals surface area contributed by atoms with Gasteiger partial charge in [-0.25, -0.2) is 13.4 Å². The number of halogens is 1. The molecule has 0 amide bonds. The van der Waals surface area contributed by atoms with Gasteiger partial charge in [-0.3, -0.25) is 0 Å². The molecule has 1 N–H and O–H groups in total. The van der Waals surface area contributed by atoms with Crippen molar-refractivity contribution in [1.82, 2.24) is 9.97 Å². The lowest BCUT2D eigenvalue weighted by molar-refractivity contribution is 0.602. The van der Waals surface area contributed by atoms with Crippen molar-refractivity contribution in [3.63, 3.8) is 0 Å². The predicted molar refractivity (Wildman–Crippen MR) is 120 cm³/mol. The molecule has 1 heterocycles. The van der Waals surface area contributed by atoms with E-state index >= 15 is 0 Å². The highest BCUT2D eigenvalue weighted by atomic mass is 79.9. The molecule has 6 heteroatoms. The summed E-state index contributed by atoms with van der Waals surface area (Å²) in [6.07, 6.45) is 1.21. The van der Waals surface area contributed by atoms with Crippen LogP contribution in [0.25, 0.3) is 33.9 Å². The standard InChI is InChI=1S/C23H19BrN2O2S/c1-15-3-5-16(6-4-15)21-22(17-9-13-20(14-10-17)29(2,27)28)26-23(25-21)18-7-11-19(24)12-8-18/h3-14H,1-2H3,(H,25,26). The number of hydrogen-bond donors (Lipinski definition) is 1. The highest BCUT2D eigenvalue weighted by molar-refractivity contribution is 9.10. The number of sulfone groups is 1. The average Bonchev–Trinajstić information content (AvgIpc) is 3.14. The Balaban J connectivity index is 1.86. The molecule has 4 aromatic rings. The lowest BCUT2D eigenvalue weighted by atomic mass is 10.0. The molecule has 0 saturated heterocycles. The van der Waals surface area contributed by atoms with Gasteiger partial charge in [-0.05, 0) is 31.2 Å². The summed E-state index contributed by atoms with van der Waals surface area (Å²) in [6, 6.07) is 23.0. The van der Waals surface area contributed by atoms with E-state index in [2.05, 4.69) is 52.1 Å². The predicted octanol–water partition coefficient (Wildman–Crippen LogP) is 5.89. The number of benzene rings is 3. The lowest BCUT2D eigenvalue weighted by Crippen LogP contribution is -1.96. The number of aromatic amines is 1. The Hall–Kier alpha value is -2.70. The van der Waals surface area contributed by atoms with Crippen LogP contribution in [0.3, 0.4) is 0 Å². The fraction of sp³-hybridized carbons (Fsp3) is 0.0870. The Morgan fingerprint density at radius 1 is 0.793 bits per heavy atom. The zero-order chi connectivity index (χ0) is 20.6. The highest BCUT2D eigenvalue weighted by Gasteiger charge is 2.16. The molecular weight excluding hydrogens is 448 g/mol. The summed E-state index contributed by atoms with van der Waals surface area (Å²) in [5.41, 5.74) is 5.71. The number of H-pyrrole nitrogens is 1. The van der Waals surface area contributed by atoms with Crippen molar-refractivity contribution in [2.75, 3.05) is 6.26 Å². The van der Waals surface area contributed by atoms with Gasteiger partial charge in [0.15, 0.2) is 9.84 Å². The van der Waals surface area contributed by atoms with Crippen LogP contribution in [0, 0.1) is 6.92 Å². The first kappa shape index (κ1) is 19.6. The Morgan fingerprint density at radius 2 is 1.34 bits per heavy atom. The van der Waals surface area contributed by atoms with Crippen molar-refractivity contribution in [1.29, 1.82) is 0 Å². The van der Waals surface area contributed by atoms with E-state index in [-0.39, 0.29) is 0 Å². The van der Waals surface area contributed by atoms with E-state index in [1.54, 1.807) is 24.3 Å². The van der Waals surface area contributed by atoms with Gasteiger partial charge >= 0.3 is 0 Å². The van der Waals surface area contributed by atoms with Gasteiger partial charge in [0.2, 0.25) is 0 Å². The summed E-state index contributed by atoms with van der Waals surface area (Å²) in [7, 11) is -3.24. The lowest BCUT2D eigenvalue weighted by Gasteiger charge is -2.05. The molecule has 0 bridgehead atoms. The molecule has 0 radical (unpaired) electrons. The van der Waals surface area contributed by atoms with E-state index in [4.69, 9.17) is 4.98 Å². The maximum absolute atomic E-state index is 11.8. The zero-order valence-corrected chi connectivity index (χ0v) is 18.4. The summed E-state index contributed by atoms with van der Waals surface area (Å²) in [5.74, 6) is 0.760. The van der Waals surface area contributed by atoms with Crippen molar-refractivity contribution in [3.05, 3.63) is 82.8 Å². The Bertz CT molecular complexity index is 1260. The molecule has 0 unspecified atom stereocenters. The molecule has 0 atom stereocenters. The van der Waals surface area contributed by atoms with Gasteiger partial charge in [-0.15, -0.1) is 0 Å². The molecule has 0 aliphatic heterocycles. The van der Waals surface area contributed by atoms with Crippen molar-refractivity contribution in [3.8, 4) is 33.9 Å². The Labute approximate surface area is 178 Å². The van der Waals surface area contributed by atoms with Gasteiger partial charge in [-0.2, -0.15) is 0 Å². The molecule has 0 aliphatic carbocycles. The molecule has 1 aromatic heterocycles. The van der Waals surface area contributed by atoms with E-state index in [1.165, 1.54) is 11.8 Å². The van der Waals surface area contributed by atoms with Crippen LogP contribution in [0.2, 0.25) is 0 Å². The maximum Gasteiger partial charge on any atom is 0.175 e. The van der Waals surface area contributed by atoms with Crippen LogP contribution < -0.4 is 0 Å². The van der Waals surface area contributed by atoms with Crippen molar-refractivity contribution in [2.45, 2.75) is 11.8 Å². The third kappa shape index (κ3) is 4.18. The molecule has 0 aliphatic rings. The van der Waals surface area contributed by atoms with Gasteiger partial charge in [0.1, 0.15) is 5.82 Å². The number of hydrogen-bond acceptors (Lipinski definition) is 3. The maximum atomic E-state index is 11.8. The van der Waals surface area contributed by atoms with Crippen LogP contribution in [0.15, 0.2) is 82.2 Å². The summed E-state index contributed by atoms with van der Waals surface area (Å²) >= 11 is 3.46. The molecule has 146 valence electrons. The van der Waals surface area contributed by atoms with Gasteiger partial charge in [0.25, 0.3) is 0 Å². The summed E-state index contributed by atoms with van der Waals surface area (Å²) in [5, 5.41) is 0. The summed E-state index contributed by atoms with van der Waals surface area (Å²) in [4.78, 5) is 8.60. The van der Waals surface area contributed by atoms with Gasteiger partial charge in [0, 0.05) is 27.4 Å². The molecular formula is C23H19BrN2O2S. The third-order valence-corrected chi connectivity index (χ3v) is 6.37. The molecule has 0 saturated carbocycles. The van der Waals surface area contributed by atoms with Crippen LogP contribution in [0.1, 0.15) is 5.56 Å². The highest BCUT2D eigenvalue weighted by Crippen LogP contribution is 2.34. The monoisotopic (exact) mass is 466 g/mol. The van der Waals surface area contributed by atoms with Crippen LogP contribution in [0.5, 0.6) is 0 Å². The van der Waals surface area contributed by atoms with Crippen molar-refractivity contribution >= 4 is 25.8 Å². The molecule has 4 rings (SSSR count). The first-order valence-electron chi connectivity index (χ1n) is 9.05. The number of aryl methyl sites for hydroxylation is 1. The number of nitrogens with one attached hydrogen (secondary N) is 1. The molecule has 0 fully saturated rings. The quantitative estimate of drug-likeness (QED) is 0.408. The van der Waals surface area contributed by atoms with Gasteiger partial charge < -0.3 is 4.98 Å². The van der Waals surface area contributed by atoms with Gasteiger partial charge in [-0.1, -0.05) is 70.0 Å². The molecule has 29 heavy (non-hydrogen) atoms. The van der Waals surface area contributed by atoms with Crippen LogP contribution in [-0.4, -0.2) is 24.6 Å². The first-order valence-corrected chi connectivity index (χ1v) is 11.7. The number of rotatable bonds is 4. The second kappa shape index (κ2) is 7.61. The van der Waals surface area contributed by atoms with Gasteiger partial charge in [0.05, 0.1) is 16.3 Å². The topological polar surface area (TPSA) is 62.8 Å². The number of nitrogens with zero attached hydrogens (tertiary/aromatic N) is 1. The Morgan fingerprint density at radius 3 is 1.93 bits per heavy atom. The summed E-state index contributed by atoms with van der Waals surface area (Å²) < 4.78 is 24.6. The van der Waals surface area contributed by atoms with Crippen LogP contribution >= 0.6 is 15.9 Å². The molecule has 0 spiro atoms. The average molecular weight is 467 g/mol.